The lowest BCUT2D eigenvalue weighted by Crippen LogP contribution is -2.50. The summed E-state index contributed by atoms with van der Waals surface area (Å²) in [4.78, 5) is 2.44. The SMILES string of the molecule is CSCC1CNCCN1C. The molecule has 0 aromatic rings. The van der Waals surface area contributed by atoms with Gasteiger partial charge in [0.05, 0.1) is 0 Å². The maximum Gasteiger partial charge on any atom is 0.0308 e. The van der Waals surface area contributed by atoms with Gasteiger partial charge >= 0.3 is 0 Å². The van der Waals surface area contributed by atoms with Crippen LogP contribution in [0.3, 0.4) is 0 Å². The molecule has 0 radical (unpaired) electrons. The van der Waals surface area contributed by atoms with Crippen LogP contribution in [0.15, 0.2) is 0 Å². The summed E-state index contributed by atoms with van der Waals surface area (Å²) in [6.45, 7) is 3.52. The molecule has 1 N–H and O–H groups in total. The van der Waals surface area contributed by atoms with E-state index < -0.39 is 0 Å². The van der Waals surface area contributed by atoms with Crippen molar-refractivity contribution in [1.29, 1.82) is 0 Å². The summed E-state index contributed by atoms with van der Waals surface area (Å²) in [5.41, 5.74) is 0. The lowest BCUT2D eigenvalue weighted by Gasteiger charge is -2.32. The van der Waals surface area contributed by atoms with Gasteiger partial charge in [-0.05, 0) is 13.3 Å². The summed E-state index contributed by atoms with van der Waals surface area (Å²) in [7, 11) is 2.21. The fraction of sp³-hybridized carbons (Fsp3) is 1.00. The number of nitrogens with one attached hydrogen (secondary N) is 1. The minimum Gasteiger partial charge on any atom is -0.314 e. The van der Waals surface area contributed by atoms with Gasteiger partial charge < -0.3 is 10.2 Å². The molecule has 60 valence electrons. The van der Waals surface area contributed by atoms with Crippen molar-refractivity contribution in [2.75, 3.05) is 38.7 Å². The van der Waals surface area contributed by atoms with Gasteiger partial charge in [0.25, 0.3) is 0 Å². The van der Waals surface area contributed by atoms with Gasteiger partial charge in [-0.3, -0.25) is 0 Å². The lowest BCUT2D eigenvalue weighted by molar-refractivity contribution is 0.218. The third-order valence-corrected chi connectivity index (χ3v) is 2.72. The van der Waals surface area contributed by atoms with Crippen LogP contribution in [0.2, 0.25) is 0 Å². The van der Waals surface area contributed by atoms with Gasteiger partial charge in [-0.1, -0.05) is 0 Å². The predicted molar refractivity (Wildman–Crippen MR) is 47.7 cm³/mol. The maximum atomic E-state index is 3.40. The number of hydrogen-bond donors (Lipinski definition) is 1. The Bertz CT molecular complexity index is 95.6. The van der Waals surface area contributed by atoms with E-state index in [1.165, 1.54) is 12.3 Å². The zero-order chi connectivity index (χ0) is 7.40. The van der Waals surface area contributed by atoms with Crippen molar-refractivity contribution in [2.45, 2.75) is 6.04 Å². The Hall–Kier alpha value is 0.270. The molecule has 0 bridgehead atoms. The van der Waals surface area contributed by atoms with E-state index in [-0.39, 0.29) is 0 Å². The number of likely N-dealkylation sites (N-methyl/N-ethyl adjacent to an activating group) is 1. The quantitative estimate of drug-likeness (QED) is 0.623. The van der Waals surface area contributed by atoms with Crippen LogP contribution in [0.4, 0.5) is 0 Å². The van der Waals surface area contributed by atoms with E-state index >= 15 is 0 Å². The monoisotopic (exact) mass is 160 g/mol. The topological polar surface area (TPSA) is 15.3 Å². The molecule has 1 aliphatic heterocycles. The molecule has 1 atom stereocenters. The van der Waals surface area contributed by atoms with Gasteiger partial charge in [0.1, 0.15) is 0 Å². The fourth-order valence-electron chi connectivity index (χ4n) is 1.24. The Morgan fingerprint density at radius 3 is 3.10 bits per heavy atom. The van der Waals surface area contributed by atoms with Crippen molar-refractivity contribution in [3.63, 3.8) is 0 Å². The van der Waals surface area contributed by atoms with Gasteiger partial charge in [-0.25, -0.2) is 0 Å². The predicted octanol–water partition coefficient (Wildman–Crippen LogP) is 0.253. The summed E-state index contributed by atoms with van der Waals surface area (Å²) in [6, 6.07) is 0.753. The first kappa shape index (κ1) is 8.37. The minimum absolute atomic E-state index is 0.753. The average molecular weight is 160 g/mol. The average Bonchev–Trinajstić information content (AvgIpc) is 1.94. The number of nitrogens with zero attached hydrogens (tertiary/aromatic N) is 1. The Labute approximate surface area is 67.4 Å². The first-order chi connectivity index (χ1) is 4.84. The molecule has 1 rings (SSSR count). The molecule has 0 aromatic heterocycles. The molecule has 2 nitrogen and oxygen atoms in total. The smallest absolute Gasteiger partial charge is 0.0308 e. The highest BCUT2D eigenvalue weighted by Gasteiger charge is 2.16. The molecule has 1 heterocycles. The van der Waals surface area contributed by atoms with Crippen LogP contribution >= 0.6 is 11.8 Å². The maximum absolute atomic E-state index is 3.40. The van der Waals surface area contributed by atoms with E-state index in [9.17, 15) is 0 Å². The molecular weight excluding hydrogens is 144 g/mol. The molecule has 1 unspecified atom stereocenters. The highest BCUT2D eigenvalue weighted by Crippen LogP contribution is 2.05. The van der Waals surface area contributed by atoms with Crippen LogP contribution in [0, 0.1) is 0 Å². The zero-order valence-corrected chi connectivity index (χ0v) is 7.58. The molecule has 0 spiro atoms. The second-order valence-electron chi connectivity index (χ2n) is 2.79. The summed E-state index contributed by atoms with van der Waals surface area (Å²) < 4.78 is 0. The Kier molecular flexibility index (Phi) is 3.52. The molecule has 1 aliphatic rings. The number of hydrogen-bond acceptors (Lipinski definition) is 3. The van der Waals surface area contributed by atoms with E-state index in [2.05, 4.69) is 23.5 Å². The summed E-state index contributed by atoms with van der Waals surface area (Å²) in [6.07, 6.45) is 2.17. The van der Waals surface area contributed by atoms with E-state index in [0.717, 1.165) is 19.1 Å². The third-order valence-electron chi connectivity index (χ3n) is 2.00. The van der Waals surface area contributed by atoms with E-state index in [4.69, 9.17) is 0 Å². The zero-order valence-electron chi connectivity index (χ0n) is 6.76. The van der Waals surface area contributed by atoms with Crippen molar-refractivity contribution in [1.82, 2.24) is 10.2 Å². The van der Waals surface area contributed by atoms with Gasteiger partial charge in [0.15, 0.2) is 0 Å². The fourth-order valence-corrected chi connectivity index (χ4v) is 2.00. The Morgan fingerprint density at radius 2 is 2.50 bits per heavy atom. The first-order valence-corrected chi connectivity index (χ1v) is 5.14. The van der Waals surface area contributed by atoms with Crippen LogP contribution < -0.4 is 5.32 Å². The van der Waals surface area contributed by atoms with Crippen molar-refractivity contribution < 1.29 is 0 Å². The number of piperazine rings is 1. The molecule has 0 amide bonds. The Morgan fingerprint density at radius 1 is 1.70 bits per heavy atom. The summed E-state index contributed by atoms with van der Waals surface area (Å²) >= 11 is 1.93. The normalized spacial score (nSPS) is 28.8. The Balaban J connectivity index is 2.25. The molecule has 0 aromatic carbocycles. The molecule has 0 saturated carbocycles. The van der Waals surface area contributed by atoms with Crippen LogP contribution in [0.25, 0.3) is 0 Å². The van der Waals surface area contributed by atoms with Crippen LogP contribution in [0.1, 0.15) is 0 Å². The highest BCUT2D eigenvalue weighted by atomic mass is 32.2. The molecule has 3 heteroatoms. The third kappa shape index (κ3) is 2.15. The van der Waals surface area contributed by atoms with Crippen molar-refractivity contribution >= 4 is 11.8 Å². The van der Waals surface area contributed by atoms with Crippen LogP contribution in [-0.4, -0.2) is 49.6 Å². The minimum atomic E-state index is 0.753. The first-order valence-electron chi connectivity index (χ1n) is 3.74. The van der Waals surface area contributed by atoms with E-state index in [1.807, 2.05) is 11.8 Å². The molecular formula is C7H16N2S. The standard InChI is InChI=1S/C7H16N2S/c1-9-4-3-8-5-7(9)6-10-2/h7-8H,3-6H2,1-2H3. The second-order valence-corrected chi connectivity index (χ2v) is 3.70. The summed E-state index contributed by atoms with van der Waals surface area (Å²) in [5, 5.41) is 3.40. The molecule has 0 aliphatic carbocycles. The lowest BCUT2D eigenvalue weighted by atomic mass is 10.2. The van der Waals surface area contributed by atoms with Crippen molar-refractivity contribution in [3.8, 4) is 0 Å². The molecule has 1 fully saturated rings. The van der Waals surface area contributed by atoms with Gasteiger partial charge in [-0.2, -0.15) is 11.8 Å². The number of thioether (sulfide) groups is 1. The van der Waals surface area contributed by atoms with Gasteiger partial charge in [0.2, 0.25) is 0 Å². The van der Waals surface area contributed by atoms with Crippen molar-refractivity contribution in [2.24, 2.45) is 0 Å². The van der Waals surface area contributed by atoms with Crippen LogP contribution in [0.5, 0.6) is 0 Å². The van der Waals surface area contributed by atoms with Gasteiger partial charge in [0, 0.05) is 31.4 Å². The van der Waals surface area contributed by atoms with Crippen LogP contribution in [-0.2, 0) is 0 Å². The molecule has 1 saturated heterocycles. The second kappa shape index (κ2) is 4.21. The summed E-state index contributed by atoms with van der Waals surface area (Å²) in [5.74, 6) is 1.25. The number of rotatable bonds is 2. The van der Waals surface area contributed by atoms with E-state index in [0.29, 0.717) is 0 Å². The molecule has 10 heavy (non-hydrogen) atoms. The highest BCUT2D eigenvalue weighted by molar-refractivity contribution is 7.98. The van der Waals surface area contributed by atoms with E-state index in [1.54, 1.807) is 0 Å². The van der Waals surface area contributed by atoms with Crippen molar-refractivity contribution in [3.05, 3.63) is 0 Å². The van der Waals surface area contributed by atoms with Gasteiger partial charge in [-0.15, -0.1) is 0 Å². The largest absolute Gasteiger partial charge is 0.314 e.